The number of Topliss-reactive ketones (excluding diaryl/α,β-unsaturated/α-hetero) is 1. The first-order chi connectivity index (χ1) is 6.32. The Labute approximate surface area is 83.2 Å². The first-order valence-corrected chi connectivity index (χ1v) is 4.75. The summed E-state index contributed by atoms with van der Waals surface area (Å²) in [6.45, 7) is 5.44. The van der Waals surface area contributed by atoms with Gasteiger partial charge in [-0.05, 0) is 12.8 Å². The minimum absolute atomic E-state index is 0.0127. The summed E-state index contributed by atoms with van der Waals surface area (Å²) < 4.78 is 5.16. The Bertz CT molecular complexity index is 251. The van der Waals surface area contributed by atoms with E-state index in [1.807, 2.05) is 20.8 Å². The van der Waals surface area contributed by atoms with Crippen LogP contribution in [0.5, 0.6) is 0 Å². The van der Waals surface area contributed by atoms with Crippen LogP contribution in [0.25, 0.3) is 0 Å². The minimum atomic E-state index is -0.978. The molecule has 0 saturated carbocycles. The highest BCUT2D eigenvalue weighted by Gasteiger charge is 2.38. The molecule has 1 heterocycles. The van der Waals surface area contributed by atoms with Crippen molar-refractivity contribution in [3.8, 4) is 0 Å². The SMILES string of the molecule is CC(C)(C)C(=O)C1CCC(C(=O)O)O1. The van der Waals surface area contributed by atoms with Gasteiger partial charge in [0.2, 0.25) is 0 Å². The summed E-state index contributed by atoms with van der Waals surface area (Å²) in [7, 11) is 0. The average molecular weight is 200 g/mol. The number of hydrogen-bond acceptors (Lipinski definition) is 3. The molecule has 1 saturated heterocycles. The molecule has 0 bridgehead atoms. The Kier molecular flexibility index (Phi) is 2.95. The van der Waals surface area contributed by atoms with Gasteiger partial charge in [-0.1, -0.05) is 20.8 Å². The van der Waals surface area contributed by atoms with Crippen molar-refractivity contribution in [3.63, 3.8) is 0 Å². The molecule has 1 aliphatic heterocycles. The van der Waals surface area contributed by atoms with Crippen molar-refractivity contribution in [1.29, 1.82) is 0 Å². The topological polar surface area (TPSA) is 63.6 Å². The summed E-state index contributed by atoms with van der Waals surface area (Å²) in [5.74, 6) is -0.990. The lowest BCUT2D eigenvalue weighted by molar-refractivity contribution is -0.153. The number of carboxylic acids is 1. The maximum Gasteiger partial charge on any atom is 0.332 e. The van der Waals surface area contributed by atoms with E-state index in [1.54, 1.807) is 0 Å². The maximum atomic E-state index is 11.7. The van der Waals surface area contributed by atoms with Crippen LogP contribution in [-0.2, 0) is 14.3 Å². The Morgan fingerprint density at radius 1 is 1.21 bits per heavy atom. The fourth-order valence-corrected chi connectivity index (χ4v) is 1.49. The van der Waals surface area contributed by atoms with Gasteiger partial charge in [0.1, 0.15) is 6.10 Å². The van der Waals surface area contributed by atoms with E-state index in [2.05, 4.69) is 0 Å². The monoisotopic (exact) mass is 200 g/mol. The second kappa shape index (κ2) is 3.69. The van der Waals surface area contributed by atoms with E-state index in [0.29, 0.717) is 12.8 Å². The van der Waals surface area contributed by atoms with Crippen LogP contribution < -0.4 is 0 Å². The minimum Gasteiger partial charge on any atom is -0.479 e. The lowest BCUT2D eigenvalue weighted by Gasteiger charge is -2.21. The molecule has 2 unspecified atom stereocenters. The number of aliphatic carboxylic acids is 1. The van der Waals surface area contributed by atoms with Gasteiger partial charge < -0.3 is 9.84 Å². The van der Waals surface area contributed by atoms with Gasteiger partial charge in [-0.2, -0.15) is 0 Å². The van der Waals surface area contributed by atoms with Gasteiger partial charge in [0.15, 0.2) is 11.9 Å². The third-order valence-corrected chi connectivity index (χ3v) is 2.33. The molecule has 1 rings (SSSR count). The average Bonchev–Trinajstić information content (AvgIpc) is 2.48. The molecule has 0 amide bonds. The van der Waals surface area contributed by atoms with Crippen LogP contribution in [0.1, 0.15) is 33.6 Å². The molecule has 0 aromatic heterocycles. The summed E-state index contributed by atoms with van der Waals surface area (Å²) in [4.78, 5) is 22.3. The first kappa shape index (κ1) is 11.2. The van der Waals surface area contributed by atoms with Gasteiger partial charge in [0.25, 0.3) is 0 Å². The number of carboxylic acid groups (broad SMARTS) is 1. The van der Waals surface area contributed by atoms with E-state index >= 15 is 0 Å². The van der Waals surface area contributed by atoms with Gasteiger partial charge in [-0.3, -0.25) is 4.79 Å². The molecule has 0 aromatic rings. The van der Waals surface area contributed by atoms with Crippen LogP contribution >= 0.6 is 0 Å². The summed E-state index contributed by atoms with van der Waals surface area (Å²) >= 11 is 0. The van der Waals surface area contributed by atoms with E-state index in [0.717, 1.165) is 0 Å². The molecule has 0 aromatic carbocycles. The molecule has 0 aliphatic carbocycles. The molecule has 4 heteroatoms. The molecule has 1 N–H and O–H groups in total. The van der Waals surface area contributed by atoms with Gasteiger partial charge in [0, 0.05) is 5.41 Å². The zero-order chi connectivity index (χ0) is 10.9. The summed E-state index contributed by atoms with van der Waals surface area (Å²) in [6.07, 6.45) is -0.378. The number of ketones is 1. The van der Waals surface area contributed by atoms with Gasteiger partial charge in [-0.25, -0.2) is 4.79 Å². The number of rotatable bonds is 2. The summed E-state index contributed by atoms with van der Waals surface area (Å²) in [5.41, 5.74) is -0.460. The zero-order valence-electron chi connectivity index (χ0n) is 8.74. The second-order valence-electron chi connectivity index (χ2n) is 4.64. The molecule has 0 radical (unpaired) electrons. The van der Waals surface area contributed by atoms with E-state index in [-0.39, 0.29) is 5.78 Å². The second-order valence-corrected chi connectivity index (χ2v) is 4.64. The normalized spacial score (nSPS) is 27.6. The van der Waals surface area contributed by atoms with Crippen LogP contribution in [0, 0.1) is 5.41 Å². The standard InChI is InChI=1S/C10H16O4/c1-10(2,3)8(11)6-4-5-7(14-6)9(12)13/h6-7H,4-5H2,1-3H3,(H,12,13). The van der Waals surface area contributed by atoms with Crippen molar-refractivity contribution in [2.24, 2.45) is 5.41 Å². The molecule has 0 spiro atoms. The Morgan fingerprint density at radius 2 is 1.71 bits per heavy atom. The van der Waals surface area contributed by atoms with Crippen LogP contribution in [0.3, 0.4) is 0 Å². The molecular formula is C10H16O4. The largest absolute Gasteiger partial charge is 0.479 e. The summed E-state index contributed by atoms with van der Waals surface area (Å²) in [6, 6.07) is 0. The lowest BCUT2D eigenvalue weighted by Crippen LogP contribution is -2.33. The van der Waals surface area contributed by atoms with Crippen molar-refractivity contribution < 1.29 is 19.4 Å². The number of hydrogen-bond donors (Lipinski definition) is 1. The predicted molar refractivity (Wildman–Crippen MR) is 50.0 cm³/mol. The van der Waals surface area contributed by atoms with Crippen molar-refractivity contribution in [2.75, 3.05) is 0 Å². The fourth-order valence-electron chi connectivity index (χ4n) is 1.49. The molecule has 1 fully saturated rings. The van der Waals surface area contributed by atoms with Gasteiger partial charge in [-0.15, -0.1) is 0 Å². The smallest absolute Gasteiger partial charge is 0.332 e. The van der Waals surface area contributed by atoms with Gasteiger partial charge in [0.05, 0.1) is 0 Å². The van der Waals surface area contributed by atoms with Gasteiger partial charge >= 0.3 is 5.97 Å². The highest BCUT2D eigenvalue weighted by atomic mass is 16.5. The number of ether oxygens (including phenoxy) is 1. The van der Waals surface area contributed by atoms with Crippen LogP contribution in [0.4, 0.5) is 0 Å². The first-order valence-electron chi connectivity index (χ1n) is 4.75. The van der Waals surface area contributed by atoms with Crippen molar-refractivity contribution in [3.05, 3.63) is 0 Å². The number of carbonyl (C=O) groups excluding carboxylic acids is 1. The van der Waals surface area contributed by atoms with Crippen LogP contribution in [0.2, 0.25) is 0 Å². The van der Waals surface area contributed by atoms with E-state index in [9.17, 15) is 9.59 Å². The predicted octanol–water partition coefficient (Wildman–Crippen LogP) is 1.23. The van der Waals surface area contributed by atoms with Crippen molar-refractivity contribution in [2.45, 2.75) is 45.8 Å². The highest BCUT2D eigenvalue weighted by Crippen LogP contribution is 2.27. The van der Waals surface area contributed by atoms with Crippen molar-refractivity contribution in [1.82, 2.24) is 0 Å². The quantitative estimate of drug-likeness (QED) is 0.728. The zero-order valence-corrected chi connectivity index (χ0v) is 8.74. The van der Waals surface area contributed by atoms with Crippen LogP contribution in [0.15, 0.2) is 0 Å². The summed E-state index contributed by atoms with van der Waals surface area (Å²) in [5, 5.41) is 8.68. The fraction of sp³-hybridized carbons (Fsp3) is 0.800. The molecule has 1 aliphatic rings. The lowest BCUT2D eigenvalue weighted by atomic mass is 9.87. The van der Waals surface area contributed by atoms with E-state index in [4.69, 9.17) is 9.84 Å². The highest BCUT2D eigenvalue weighted by molar-refractivity contribution is 5.88. The molecule has 80 valence electrons. The Morgan fingerprint density at radius 3 is 2.07 bits per heavy atom. The molecule has 2 atom stereocenters. The van der Waals surface area contributed by atoms with E-state index < -0.39 is 23.6 Å². The Balaban J connectivity index is 2.59. The molecule has 4 nitrogen and oxygen atoms in total. The Hall–Kier alpha value is -0.900. The van der Waals surface area contributed by atoms with Crippen molar-refractivity contribution >= 4 is 11.8 Å². The molecular weight excluding hydrogens is 184 g/mol. The third-order valence-electron chi connectivity index (χ3n) is 2.33. The molecule has 14 heavy (non-hydrogen) atoms. The van der Waals surface area contributed by atoms with Crippen LogP contribution in [-0.4, -0.2) is 29.1 Å². The maximum absolute atomic E-state index is 11.7. The van der Waals surface area contributed by atoms with E-state index in [1.165, 1.54) is 0 Å². The third kappa shape index (κ3) is 2.32. The number of carbonyl (C=O) groups is 2.